The van der Waals surface area contributed by atoms with Crippen molar-refractivity contribution in [3.63, 3.8) is 0 Å². The van der Waals surface area contributed by atoms with E-state index >= 15 is 0 Å². The quantitative estimate of drug-likeness (QED) is 0.474. The van der Waals surface area contributed by atoms with Gasteiger partial charge >= 0.3 is 29.6 Å². The molecule has 0 aromatic heterocycles. The van der Waals surface area contributed by atoms with Gasteiger partial charge in [-0.2, -0.15) is 0 Å². The van der Waals surface area contributed by atoms with Crippen molar-refractivity contribution in [1.29, 1.82) is 0 Å². The van der Waals surface area contributed by atoms with E-state index in [4.69, 9.17) is 16.3 Å². The van der Waals surface area contributed by atoms with Crippen molar-refractivity contribution >= 4 is 35.2 Å². The van der Waals surface area contributed by atoms with Crippen LogP contribution < -0.4 is 39.4 Å². The second kappa shape index (κ2) is 5.99. The van der Waals surface area contributed by atoms with Crippen LogP contribution in [-0.4, -0.2) is 22.2 Å². The number of amides is 1. The minimum absolute atomic E-state index is 0. The van der Waals surface area contributed by atoms with E-state index in [1.54, 1.807) is 24.3 Å². The van der Waals surface area contributed by atoms with Gasteiger partial charge in [0, 0.05) is 5.02 Å². The molecule has 1 aromatic carbocycles. The van der Waals surface area contributed by atoms with Crippen molar-refractivity contribution in [2.75, 3.05) is 0 Å². The molecular weight excluding hydrogens is 313 g/mol. The molecule has 1 saturated heterocycles. The standard InChI is InChI=1S/C12H8ClNO4S.Na/c13-6-1-3-7(4-2-6)18-12-10(11(16)17)14-8(15)5-9(14)19-12;/h1-4,9H,5H2,(H,16,17);/q;+1/p-1. The molecule has 3 rings (SSSR count). The van der Waals surface area contributed by atoms with Crippen molar-refractivity contribution in [3.05, 3.63) is 40.1 Å². The Labute approximate surface area is 146 Å². The number of carbonyl (C=O) groups is 2. The molecule has 1 atom stereocenters. The monoisotopic (exact) mass is 319 g/mol. The van der Waals surface area contributed by atoms with Gasteiger partial charge in [-0.1, -0.05) is 23.4 Å². The Morgan fingerprint density at radius 3 is 2.60 bits per heavy atom. The average Bonchev–Trinajstić information content (AvgIpc) is 2.65. The van der Waals surface area contributed by atoms with Crippen LogP contribution in [0.1, 0.15) is 6.42 Å². The second-order valence-corrected chi connectivity index (χ2v) is 5.61. The van der Waals surface area contributed by atoms with E-state index in [0.717, 1.165) is 0 Å². The number of rotatable bonds is 3. The van der Waals surface area contributed by atoms with Crippen molar-refractivity contribution in [2.24, 2.45) is 0 Å². The zero-order valence-electron chi connectivity index (χ0n) is 10.5. The first kappa shape index (κ1) is 15.7. The summed E-state index contributed by atoms with van der Waals surface area (Å²) in [4.78, 5) is 23.7. The summed E-state index contributed by atoms with van der Waals surface area (Å²) < 4.78 is 5.50. The van der Waals surface area contributed by atoms with Gasteiger partial charge in [-0.15, -0.1) is 0 Å². The minimum atomic E-state index is -1.41. The van der Waals surface area contributed by atoms with E-state index in [9.17, 15) is 14.7 Å². The van der Waals surface area contributed by atoms with E-state index in [-0.39, 0.29) is 51.6 Å². The molecular formula is C12H7ClNNaO4S. The number of carboxylic acid groups (broad SMARTS) is 1. The predicted molar refractivity (Wildman–Crippen MR) is 67.0 cm³/mol. The Kier molecular flexibility index (Phi) is 4.71. The number of hydrogen-bond donors (Lipinski definition) is 0. The topological polar surface area (TPSA) is 69.7 Å². The molecule has 20 heavy (non-hydrogen) atoms. The normalized spacial score (nSPS) is 20.1. The summed E-state index contributed by atoms with van der Waals surface area (Å²) in [7, 11) is 0. The summed E-state index contributed by atoms with van der Waals surface area (Å²) in [6.07, 6.45) is 0.314. The van der Waals surface area contributed by atoms with Gasteiger partial charge in [-0.05, 0) is 24.3 Å². The number of thioether (sulfide) groups is 1. The third kappa shape index (κ3) is 2.71. The molecule has 1 unspecified atom stereocenters. The van der Waals surface area contributed by atoms with E-state index in [0.29, 0.717) is 17.2 Å². The zero-order chi connectivity index (χ0) is 13.6. The summed E-state index contributed by atoms with van der Waals surface area (Å²) in [6, 6.07) is 6.52. The number of aliphatic carboxylic acids is 1. The van der Waals surface area contributed by atoms with E-state index < -0.39 is 5.97 Å². The molecule has 0 radical (unpaired) electrons. The molecule has 0 saturated carbocycles. The summed E-state index contributed by atoms with van der Waals surface area (Å²) in [5.41, 5.74) is -0.193. The fraction of sp³-hybridized carbons (Fsp3) is 0.167. The Hall–Kier alpha value is -0.660. The van der Waals surface area contributed by atoms with Gasteiger partial charge in [0.25, 0.3) is 0 Å². The number of carbonyl (C=O) groups excluding carboxylic acids is 2. The molecule has 5 nitrogen and oxygen atoms in total. The smallest absolute Gasteiger partial charge is 0.543 e. The largest absolute Gasteiger partial charge is 1.00 e. The third-order valence-electron chi connectivity index (χ3n) is 2.80. The van der Waals surface area contributed by atoms with E-state index in [1.165, 1.54) is 16.7 Å². The number of nitrogens with zero attached hydrogens (tertiary/aromatic N) is 1. The van der Waals surface area contributed by atoms with Crippen LogP contribution in [0.4, 0.5) is 0 Å². The van der Waals surface area contributed by atoms with Gasteiger partial charge in [-0.3, -0.25) is 9.69 Å². The molecule has 0 aliphatic carbocycles. The maximum absolute atomic E-state index is 11.4. The van der Waals surface area contributed by atoms with Crippen LogP contribution in [0, 0.1) is 0 Å². The van der Waals surface area contributed by atoms with Gasteiger partial charge in [0.05, 0.1) is 17.8 Å². The van der Waals surface area contributed by atoms with Crippen molar-refractivity contribution in [2.45, 2.75) is 11.8 Å². The van der Waals surface area contributed by atoms with Gasteiger partial charge < -0.3 is 14.6 Å². The number of benzene rings is 1. The first-order chi connectivity index (χ1) is 9.06. The molecule has 2 aliphatic heterocycles. The second-order valence-electron chi connectivity index (χ2n) is 4.02. The fourth-order valence-electron chi connectivity index (χ4n) is 1.89. The van der Waals surface area contributed by atoms with Crippen LogP contribution in [0.5, 0.6) is 5.75 Å². The van der Waals surface area contributed by atoms with Crippen molar-refractivity contribution in [1.82, 2.24) is 4.90 Å². The van der Waals surface area contributed by atoms with E-state index in [1.807, 2.05) is 0 Å². The number of ether oxygens (including phenoxy) is 1. The molecule has 0 N–H and O–H groups in total. The minimum Gasteiger partial charge on any atom is -0.543 e. The zero-order valence-corrected chi connectivity index (χ0v) is 14.0. The van der Waals surface area contributed by atoms with Crippen LogP contribution in [0.25, 0.3) is 0 Å². The van der Waals surface area contributed by atoms with E-state index in [2.05, 4.69) is 0 Å². The maximum atomic E-state index is 11.4. The number of fused-ring (bicyclic) bond motifs is 1. The third-order valence-corrected chi connectivity index (χ3v) is 4.19. The molecule has 2 heterocycles. The summed E-state index contributed by atoms with van der Waals surface area (Å²) in [6.45, 7) is 0. The number of carboxylic acids is 1. The Bertz CT molecular complexity index is 604. The molecule has 0 spiro atoms. The molecule has 1 aromatic rings. The van der Waals surface area contributed by atoms with Crippen LogP contribution >= 0.6 is 23.4 Å². The SMILES string of the molecule is O=C([O-])C1=C(Oc2ccc(Cl)cc2)SC2CC(=O)N12.[Na+]. The summed E-state index contributed by atoms with van der Waals surface area (Å²) >= 11 is 6.96. The molecule has 98 valence electrons. The van der Waals surface area contributed by atoms with Gasteiger partial charge in [0.15, 0.2) is 5.09 Å². The summed E-state index contributed by atoms with van der Waals surface area (Å²) in [5, 5.41) is 11.7. The first-order valence-electron chi connectivity index (χ1n) is 5.44. The van der Waals surface area contributed by atoms with Crippen LogP contribution in [-0.2, 0) is 9.59 Å². The molecule has 1 amide bonds. The first-order valence-corrected chi connectivity index (χ1v) is 6.70. The Morgan fingerprint density at radius 1 is 1.40 bits per heavy atom. The molecule has 2 aliphatic rings. The van der Waals surface area contributed by atoms with Crippen molar-refractivity contribution < 1.29 is 49.0 Å². The Morgan fingerprint density at radius 2 is 2.05 bits per heavy atom. The predicted octanol–water partition coefficient (Wildman–Crippen LogP) is -2.05. The molecule has 0 bridgehead atoms. The van der Waals surface area contributed by atoms with Crippen LogP contribution in [0.3, 0.4) is 0 Å². The molecule has 8 heteroatoms. The molecule has 1 fully saturated rings. The van der Waals surface area contributed by atoms with Gasteiger partial charge in [0.2, 0.25) is 5.91 Å². The average molecular weight is 320 g/mol. The maximum Gasteiger partial charge on any atom is 1.00 e. The number of hydrogen-bond acceptors (Lipinski definition) is 5. The van der Waals surface area contributed by atoms with Crippen molar-refractivity contribution in [3.8, 4) is 5.75 Å². The Balaban J connectivity index is 0.00000147. The van der Waals surface area contributed by atoms with Gasteiger partial charge in [-0.25, -0.2) is 0 Å². The van der Waals surface area contributed by atoms with Gasteiger partial charge in [0.1, 0.15) is 11.4 Å². The fourth-order valence-corrected chi connectivity index (χ4v) is 3.26. The number of β-lactam (4-membered cyclic amide) rings is 1. The summed E-state index contributed by atoms with van der Waals surface area (Å²) in [5.74, 6) is -1.18. The number of halogens is 1. The van der Waals surface area contributed by atoms with Crippen LogP contribution in [0.2, 0.25) is 5.02 Å². The van der Waals surface area contributed by atoms with Crippen LogP contribution in [0.15, 0.2) is 35.1 Å².